The lowest BCUT2D eigenvalue weighted by molar-refractivity contribution is 0.0943. The standard InChI is InChI=1S/C13H16N2O3S/c1-3-5-11(9-14)15-13(16)10-6-4-7-12(8-10)19(2,17)18/h4,6-8,11H,3,5H2,1-2H3,(H,15,16). The Labute approximate surface area is 113 Å². The zero-order valence-electron chi connectivity index (χ0n) is 10.9. The lowest BCUT2D eigenvalue weighted by Crippen LogP contribution is -2.33. The predicted molar refractivity (Wildman–Crippen MR) is 71.3 cm³/mol. The fourth-order valence-electron chi connectivity index (χ4n) is 1.57. The Morgan fingerprint density at radius 3 is 2.68 bits per heavy atom. The maximum absolute atomic E-state index is 11.9. The normalized spacial score (nSPS) is 12.5. The van der Waals surface area contributed by atoms with Crippen LogP contribution in [0.5, 0.6) is 0 Å². The van der Waals surface area contributed by atoms with E-state index in [-0.39, 0.29) is 10.5 Å². The van der Waals surface area contributed by atoms with Crippen molar-refractivity contribution < 1.29 is 13.2 Å². The molecular weight excluding hydrogens is 264 g/mol. The summed E-state index contributed by atoms with van der Waals surface area (Å²) in [5, 5.41) is 11.4. The van der Waals surface area contributed by atoms with E-state index in [1.54, 1.807) is 0 Å². The first kappa shape index (κ1) is 15.2. The topological polar surface area (TPSA) is 87.0 Å². The molecule has 0 spiro atoms. The van der Waals surface area contributed by atoms with Crippen molar-refractivity contribution in [3.63, 3.8) is 0 Å². The molecule has 0 aliphatic rings. The molecule has 1 unspecified atom stereocenters. The molecule has 1 atom stereocenters. The predicted octanol–water partition coefficient (Wildman–Crippen LogP) is 1.51. The molecule has 1 amide bonds. The SMILES string of the molecule is CCCC(C#N)NC(=O)c1cccc(S(C)(=O)=O)c1. The van der Waals surface area contributed by atoms with E-state index in [1.165, 1.54) is 24.3 Å². The first-order valence-electron chi connectivity index (χ1n) is 5.89. The average molecular weight is 280 g/mol. The second-order valence-electron chi connectivity index (χ2n) is 4.24. The number of hydrogen-bond donors (Lipinski definition) is 1. The summed E-state index contributed by atoms with van der Waals surface area (Å²) >= 11 is 0. The van der Waals surface area contributed by atoms with E-state index in [0.717, 1.165) is 12.7 Å². The summed E-state index contributed by atoms with van der Waals surface area (Å²) in [4.78, 5) is 12.0. The van der Waals surface area contributed by atoms with Crippen molar-refractivity contribution in [2.24, 2.45) is 0 Å². The molecule has 0 radical (unpaired) electrons. The van der Waals surface area contributed by atoms with Gasteiger partial charge in [-0.2, -0.15) is 5.26 Å². The van der Waals surface area contributed by atoms with Crippen molar-refractivity contribution >= 4 is 15.7 Å². The Balaban J connectivity index is 2.92. The van der Waals surface area contributed by atoms with Crippen molar-refractivity contribution in [2.75, 3.05) is 6.26 Å². The van der Waals surface area contributed by atoms with Crippen LogP contribution < -0.4 is 5.32 Å². The molecule has 0 aliphatic carbocycles. The maximum Gasteiger partial charge on any atom is 0.252 e. The highest BCUT2D eigenvalue weighted by Gasteiger charge is 2.14. The number of rotatable bonds is 5. The first-order valence-corrected chi connectivity index (χ1v) is 7.78. The Kier molecular flexibility index (Phi) is 5.07. The van der Waals surface area contributed by atoms with E-state index in [2.05, 4.69) is 5.32 Å². The van der Waals surface area contributed by atoms with Crippen LogP contribution in [-0.2, 0) is 9.84 Å². The second kappa shape index (κ2) is 6.34. The molecule has 0 aromatic heterocycles. The smallest absolute Gasteiger partial charge is 0.252 e. The quantitative estimate of drug-likeness (QED) is 0.885. The largest absolute Gasteiger partial charge is 0.336 e. The monoisotopic (exact) mass is 280 g/mol. The van der Waals surface area contributed by atoms with Gasteiger partial charge in [-0.05, 0) is 24.6 Å². The Morgan fingerprint density at radius 2 is 2.16 bits per heavy atom. The number of carbonyl (C=O) groups is 1. The molecule has 1 aromatic rings. The molecule has 19 heavy (non-hydrogen) atoms. The van der Waals surface area contributed by atoms with E-state index < -0.39 is 21.8 Å². The molecule has 102 valence electrons. The van der Waals surface area contributed by atoms with Gasteiger partial charge in [0, 0.05) is 11.8 Å². The van der Waals surface area contributed by atoms with E-state index in [4.69, 9.17) is 5.26 Å². The Bertz CT molecular complexity index is 603. The minimum Gasteiger partial charge on any atom is -0.336 e. The van der Waals surface area contributed by atoms with Gasteiger partial charge in [0.1, 0.15) is 6.04 Å². The van der Waals surface area contributed by atoms with Crippen molar-refractivity contribution in [2.45, 2.75) is 30.7 Å². The number of benzene rings is 1. The molecule has 0 saturated heterocycles. The molecule has 0 aliphatic heterocycles. The van der Waals surface area contributed by atoms with Gasteiger partial charge in [0.2, 0.25) is 0 Å². The Hall–Kier alpha value is -1.87. The van der Waals surface area contributed by atoms with Crippen LogP contribution in [0, 0.1) is 11.3 Å². The second-order valence-corrected chi connectivity index (χ2v) is 6.26. The Morgan fingerprint density at radius 1 is 1.47 bits per heavy atom. The highest BCUT2D eigenvalue weighted by atomic mass is 32.2. The van der Waals surface area contributed by atoms with Crippen LogP contribution in [-0.4, -0.2) is 26.6 Å². The molecule has 0 saturated carbocycles. The third-order valence-electron chi connectivity index (χ3n) is 2.56. The van der Waals surface area contributed by atoms with Crippen LogP contribution in [0.1, 0.15) is 30.1 Å². The molecule has 0 bridgehead atoms. The van der Waals surface area contributed by atoms with Crippen molar-refractivity contribution in [3.8, 4) is 6.07 Å². The fourth-order valence-corrected chi connectivity index (χ4v) is 2.23. The van der Waals surface area contributed by atoms with E-state index in [1.807, 2.05) is 13.0 Å². The van der Waals surface area contributed by atoms with E-state index in [0.29, 0.717) is 6.42 Å². The van der Waals surface area contributed by atoms with Crippen LogP contribution in [0.2, 0.25) is 0 Å². The summed E-state index contributed by atoms with van der Waals surface area (Å²) in [7, 11) is -3.35. The maximum atomic E-state index is 11.9. The van der Waals surface area contributed by atoms with Gasteiger partial charge in [0.25, 0.3) is 5.91 Å². The van der Waals surface area contributed by atoms with Gasteiger partial charge in [-0.25, -0.2) is 8.42 Å². The number of amides is 1. The van der Waals surface area contributed by atoms with Crippen LogP contribution in [0.4, 0.5) is 0 Å². The third kappa shape index (κ3) is 4.38. The molecular formula is C13H16N2O3S. The summed E-state index contributed by atoms with van der Waals surface area (Å²) in [5.41, 5.74) is 0.235. The van der Waals surface area contributed by atoms with Gasteiger partial charge >= 0.3 is 0 Å². The number of hydrogen-bond acceptors (Lipinski definition) is 4. The zero-order chi connectivity index (χ0) is 14.5. The minimum absolute atomic E-state index is 0.0872. The highest BCUT2D eigenvalue weighted by molar-refractivity contribution is 7.90. The number of sulfone groups is 1. The summed E-state index contributed by atoms with van der Waals surface area (Å²) in [5.74, 6) is -0.439. The van der Waals surface area contributed by atoms with E-state index >= 15 is 0 Å². The highest BCUT2D eigenvalue weighted by Crippen LogP contribution is 2.11. The number of nitriles is 1. The van der Waals surface area contributed by atoms with Crippen molar-refractivity contribution in [1.29, 1.82) is 5.26 Å². The zero-order valence-corrected chi connectivity index (χ0v) is 11.7. The number of carbonyl (C=O) groups excluding carboxylic acids is 1. The van der Waals surface area contributed by atoms with Crippen molar-refractivity contribution in [3.05, 3.63) is 29.8 Å². The van der Waals surface area contributed by atoms with Crippen LogP contribution >= 0.6 is 0 Å². The third-order valence-corrected chi connectivity index (χ3v) is 3.67. The van der Waals surface area contributed by atoms with Gasteiger partial charge in [-0.3, -0.25) is 4.79 Å². The first-order chi connectivity index (χ1) is 8.88. The average Bonchev–Trinajstić information content (AvgIpc) is 2.37. The summed E-state index contributed by atoms with van der Waals surface area (Å²) in [6.45, 7) is 1.92. The molecule has 1 rings (SSSR count). The van der Waals surface area contributed by atoms with E-state index in [9.17, 15) is 13.2 Å². The fraction of sp³-hybridized carbons (Fsp3) is 0.385. The van der Waals surface area contributed by atoms with Crippen LogP contribution in [0.15, 0.2) is 29.2 Å². The number of nitrogens with one attached hydrogen (secondary N) is 1. The van der Waals surface area contributed by atoms with Crippen LogP contribution in [0.25, 0.3) is 0 Å². The summed E-state index contributed by atoms with van der Waals surface area (Å²) in [6.07, 6.45) is 2.43. The van der Waals surface area contributed by atoms with Gasteiger partial charge < -0.3 is 5.32 Å². The van der Waals surface area contributed by atoms with Crippen molar-refractivity contribution in [1.82, 2.24) is 5.32 Å². The number of nitrogens with zero attached hydrogens (tertiary/aromatic N) is 1. The lowest BCUT2D eigenvalue weighted by Gasteiger charge is -2.10. The molecule has 0 fully saturated rings. The molecule has 6 heteroatoms. The van der Waals surface area contributed by atoms with Gasteiger partial charge in [0.15, 0.2) is 9.84 Å². The van der Waals surface area contributed by atoms with Gasteiger partial charge in [-0.1, -0.05) is 19.4 Å². The minimum atomic E-state index is -3.35. The van der Waals surface area contributed by atoms with Gasteiger partial charge in [0.05, 0.1) is 11.0 Å². The summed E-state index contributed by atoms with van der Waals surface area (Å²) in [6, 6.07) is 7.21. The summed E-state index contributed by atoms with van der Waals surface area (Å²) < 4.78 is 22.8. The molecule has 1 N–H and O–H groups in total. The van der Waals surface area contributed by atoms with Crippen LogP contribution in [0.3, 0.4) is 0 Å². The molecule has 1 aromatic carbocycles. The lowest BCUT2D eigenvalue weighted by atomic mass is 10.1. The van der Waals surface area contributed by atoms with Gasteiger partial charge in [-0.15, -0.1) is 0 Å². The molecule has 5 nitrogen and oxygen atoms in total. The molecule has 0 heterocycles.